The average Bonchev–Trinajstić information content (AvgIpc) is 2.84. The van der Waals surface area contributed by atoms with Crippen molar-refractivity contribution >= 4 is 28.7 Å². The number of amides is 1. The molecule has 2 aromatic heterocycles. The van der Waals surface area contributed by atoms with Gasteiger partial charge < -0.3 is 4.98 Å². The lowest BCUT2D eigenvalue weighted by molar-refractivity contribution is -0.121. The van der Waals surface area contributed by atoms with Gasteiger partial charge in [0, 0.05) is 0 Å². The summed E-state index contributed by atoms with van der Waals surface area (Å²) in [5.41, 5.74) is 1.06. The van der Waals surface area contributed by atoms with Crippen LogP contribution in [-0.2, 0) is 9.59 Å². The summed E-state index contributed by atoms with van der Waals surface area (Å²) in [6.45, 7) is 0.0734. The molecule has 2 aromatic rings. The van der Waals surface area contributed by atoms with Crippen molar-refractivity contribution in [2.45, 2.75) is 6.42 Å². The van der Waals surface area contributed by atoms with E-state index in [0.29, 0.717) is 17.0 Å². The van der Waals surface area contributed by atoms with E-state index in [4.69, 9.17) is 0 Å². The van der Waals surface area contributed by atoms with Crippen LogP contribution in [0.15, 0.2) is 12.7 Å². The number of H-pyrrole nitrogens is 1. The maximum Gasteiger partial charge on any atom is 0.236 e. The van der Waals surface area contributed by atoms with Crippen LogP contribution in [0, 0.1) is 0 Å². The lowest BCUT2D eigenvalue weighted by Gasteiger charge is -2.12. The van der Waals surface area contributed by atoms with Crippen LogP contribution in [0.5, 0.6) is 0 Å². The van der Waals surface area contributed by atoms with Gasteiger partial charge in [0.05, 0.1) is 19.3 Å². The molecule has 80 valence electrons. The van der Waals surface area contributed by atoms with Gasteiger partial charge in [-0.3, -0.25) is 14.5 Å². The largest absolute Gasteiger partial charge is 0.340 e. The van der Waals surface area contributed by atoms with Gasteiger partial charge in [-0.2, -0.15) is 0 Å². The number of hydrogen-bond donors (Lipinski definition) is 1. The van der Waals surface area contributed by atoms with Crippen LogP contribution in [0.1, 0.15) is 6.42 Å². The molecule has 1 fully saturated rings. The van der Waals surface area contributed by atoms with Crippen molar-refractivity contribution in [3.05, 3.63) is 12.7 Å². The van der Waals surface area contributed by atoms with Crippen LogP contribution in [-0.4, -0.2) is 38.2 Å². The zero-order valence-corrected chi connectivity index (χ0v) is 8.17. The fraction of sp³-hybridized carbons (Fsp3) is 0.222. The molecular weight excluding hydrogens is 210 g/mol. The van der Waals surface area contributed by atoms with E-state index in [0.717, 1.165) is 0 Å². The van der Waals surface area contributed by atoms with Gasteiger partial charge in [-0.1, -0.05) is 0 Å². The van der Waals surface area contributed by atoms with Crippen molar-refractivity contribution in [1.82, 2.24) is 19.9 Å². The van der Waals surface area contributed by atoms with Gasteiger partial charge in [-0.25, -0.2) is 15.0 Å². The summed E-state index contributed by atoms with van der Waals surface area (Å²) in [5, 5.41) is 0. The fourth-order valence-electron chi connectivity index (χ4n) is 1.73. The Labute approximate surface area is 89.5 Å². The monoisotopic (exact) mass is 217 g/mol. The first kappa shape index (κ1) is 8.96. The number of aromatic amines is 1. The van der Waals surface area contributed by atoms with Crippen LogP contribution < -0.4 is 4.90 Å². The molecule has 0 atom stereocenters. The van der Waals surface area contributed by atoms with E-state index in [1.807, 2.05) is 0 Å². The second kappa shape index (κ2) is 3.09. The highest BCUT2D eigenvalue weighted by molar-refractivity contribution is 6.16. The molecule has 0 radical (unpaired) electrons. The van der Waals surface area contributed by atoms with Crippen molar-refractivity contribution < 1.29 is 9.59 Å². The maximum absolute atomic E-state index is 11.6. The number of aromatic nitrogens is 4. The Morgan fingerprint density at radius 3 is 2.88 bits per heavy atom. The summed E-state index contributed by atoms with van der Waals surface area (Å²) in [5.74, 6) is 0.0780. The lowest BCUT2D eigenvalue weighted by atomic mass is 10.3. The normalized spacial score (nSPS) is 16.4. The summed E-state index contributed by atoms with van der Waals surface area (Å²) < 4.78 is 0. The van der Waals surface area contributed by atoms with Crippen molar-refractivity contribution in [1.29, 1.82) is 0 Å². The molecule has 1 saturated heterocycles. The minimum Gasteiger partial charge on any atom is -0.340 e. The predicted octanol–water partition coefficient (Wildman–Crippen LogP) is -0.341. The summed E-state index contributed by atoms with van der Waals surface area (Å²) in [7, 11) is 0. The molecular formula is C9H7N5O2. The average molecular weight is 217 g/mol. The second-order valence-corrected chi connectivity index (χ2v) is 3.49. The molecule has 7 heteroatoms. The third-order valence-corrected chi connectivity index (χ3v) is 2.44. The molecule has 1 N–H and O–H groups in total. The van der Waals surface area contributed by atoms with E-state index in [9.17, 15) is 9.59 Å². The van der Waals surface area contributed by atoms with Crippen molar-refractivity contribution in [2.24, 2.45) is 0 Å². The van der Waals surface area contributed by atoms with E-state index in [1.54, 1.807) is 0 Å². The highest BCUT2D eigenvalue weighted by atomic mass is 16.2. The SMILES string of the molecule is O=C1CC(=O)N(c2ncnc3nc[nH]c23)C1. The highest BCUT2D eigenvalue weighted by Crippen LogP contribution is 2.22. The maximum atomic E-state index is 11.6. The number of anilines is 1. The molecule has 0 aromatic carbocycles. The van der Waals surface area contributed by atoms with Crippen molar-refractivity contribution in [3.63, 3.8) is 0 Å². The molecule has 16 heavy (non-hydrogen) atoms. The number of nitrogens with one attached hydrogen (secondary N) is 1. The number of carbonyl (C=O) groups excluding carboxylic acids is 2. The minimum absolute atomic E-state index is 0.0559. The number of nitrogens with zero attached hydrogens (tertiary/aromatic N) is 4. The van der Waals surface area contributed by atoms with Gasteiger partial charge in [0.25, 0.3) is 0 Å². The van der Waals surface area contributed by atoms with Crippen LogP contribution in [0.4, 0.5) is 5.82 Å². The van der Waals surface area contributed by atoms with Gasteiger partial charge >= 0.3 is 0 Å². The van der Waals surface area contributed by atoms with Crippen LogP contribution in [0.2, 0.25) is 0 Å². The molecule has 3 heterocycles. The Balaban J connectivity index is 2.15. The van der Waals surface area contributed by atoms with Crippen molar-refractivity contribution in [2.75, 3.05) is 11.4 Å². The fourth-order valence-corrected chi connectivity index (χ4v) is 1.73. The van der Waals surface area contributed by atoms with Crippen LogP contribution in [0.25, 0.3) is 11.2 Å². The molecule has 1 aliphatic rings. The number of imidazole rings is 1. The molecule has 1 amide bonds. The molecule has 0 bridgehead atoms. The number of carbonyl (C=O) groups is 2. The molecule has 3 rings (SSSR count). The number of fused-ring (bicyclic) bond motifs is 1. The first-order chi connectivity index (χ1) is 7.75. The Morgan fingerprint density at radius 1 is 1.25 bits per heavy atom. The first-order valence-electron chi connectivity index (χ1n) is 4.72. The molecule has 0 saturated carbocycles. The number of rotatable bonds is 1. The first-order valence-corrected chi connectivity index (χ1v) is 4.72. The molecule has 0 unspecified atom stereocenters. The molecule has 1 aliphatic heterocycles. The highest BCUT2D eigenvalue weighted by Gasteiger charge is 2.31. The van der Waals surface area contributed by atoms with Crippen molar-refractivity contribution in [3.8, 4) is 0 Å². The summed E-state index contributed by atoms with van der Waals surface area (Å²) in [6, 6.07) is 0. The second-order valence-electron chi connectivity index (χ2n) is 3.49. The zero-order chi connectivity index (χ0) is 11.1. The summed E-state index contributed by atoms with van der Waals surface area (Å²) in [6.07, 6.45) is 2.75. The standard InChI is InChI=1S/C9H7N5O2/c15-5-1-6(16)14(2-5)9-7-8(11-3-10-7)12-4-13-9/h3-4H,1-2H2,(H,10,11,12,13). The van der Waals surface area contributed by atoms with Crippen LogP contribution >= 0.6 is 0 Å². The number of ketones is 1. The summed E-state index contributed by atoms with van der Waals surface area (Å²) >= 11 is 0. The van der Waals surface area contributed by atoms with Crippen LogP contribution in [0.3, 0.4) is 0 Å². The predicted molar refractivity (Wildman–Crippen MR) is 53.7 cm³/mol. The van der Waals surface area contributed by atoms with Gasteiger partial charge in [0.15, 0.2) is 17.2 Å². The Hall–Kier alpha value is -2.31. The lowest BCUT2D eigenvalue weighted by Crippen LogP contribution is -2.25. The van der Waals surface area contributed by atoms with Gasteiger partial charge in [-0.15, -0.1) is 0 Å². The van der Waals surface area contributed by atoms with E-state index in [2.05, 4.69) is 19.9 Å². The van der Waals surface area contributed by atoms with Gasteiger partial charge in [0.1, 0.15) is 11.8 Å². The smallest absolute Gasteiger partial charge is 0.236 e. The Morgan fingerprint density at radius 2 is 2.12 bits per heavy atom. The molecule has 0 aliphatic carbocycles. The number of Topliss-reactive ketones (excluding diaryl/α,β-unsaturated/α-hetero) is 1. The van der Waals surface area contributed by atoms with E-state index >= 15 is 0 Å². The third-order valence-electron chi connectivity index (χ3n) is 2.44. The summed E-state index contributed by atoms with van der Waals surface area (Å²) in [4.78, 5) is 38.9. The van der Waals surface area contributed by atoms with E-state index < -0.39 is 0 Å². The van der Waals surface area contributed by atoms with Gasteiger partial charge in [-0.05, 0) is 0 Å². The van der Waals surface area contributed by atoms with E-state index in [-0.39, 0.29) is 24.7 Å². The topological polar surface area (TPSA) is 91.8 Å². The third kappa shape index (κ3) is 1.18. The molecule has 0 spiro atoms. The van der Waals surface area contributed by atoms with Gasteiger partial charge in [0.2, 0.25) is 5.91 Å². The minimum atomic E-state index is -0.236. The number of hydrogen-bond acceptors (Lipinski definition) is 5. The Kier molecular flexibility index (Phi) is 1.73. The quantitative estimate of drug-likeness (QED) is 0.659. The Bertz CT molecular complexity index is 590. The zero-order valence-electron chi connectivity index (χ0n) is 8.17. The van der Waals surface area contributed by atoms with E-state index in [1.165, 1.54) is 17.6 Å². The molecule has 7 nitrogen and oxygen atoms in total.